The molecule has 0 atom stereocenters. The molecule has 162 valence electrons. The second-order valence-corrected chi connectivity index (χ2v) is 9.99. The Labute approximate surface area is 188 Å². The van der Waals surface area contributed by atoms with Crippen molar-refractivity contribution in [2.75, 3.05) is 13.7 Å². The SMILES string of the molecule is COCCn1c(SCc2cn3c(C)cc(C)nc3n2)nc2sc3c(c2c1=O)CCCC3. The Morgan fingerprint density at radius 1 is 1.19 bits per heavy atom. The molecule has 0 radical (unpaired) electrons. The molecule has 31 heavy (non-hydrogen) atoms. The standard InChI is InChI=1S/C22H25N5O2S2/c1-13-10-14(2)27-11-15(24-21(27)23-13)12-30-22-25-19-18(20(28)26(22)8-9-29-3)16-6-4-5-7-17(16)31-19/h10-11H,4-9,12H2,1-3H3. The molecule has 0 N–H and O–H groups in total. The van der Waals surface area contributed by atoms with Crippen LogP contribution in [0.25, 0.3) is 16.0 Å². The van der Waals surface area contributed by atoms with Gasteiger partial charge in [0.15, 0.2) is 5.16 Å². The predicted octanol–water partition coefficient (Wildman–Crippen LogP) is 3.94. The molecule has 0 spiro atoms. The van der Waals surface area contributed by atoms with Gasteiger partial charge >= 0.3 is 0 Å². The van der Waals surface area contributed by atoms with Gasteiger partial charge in [0, 0.05) is 35.3 Å². The molecule has 0 aromatic carbocycles. The zero-order valence-electron chi connectivity index (χ0n) is 18.0. The molecular formula is C22H25N5O2S2. The van der Waals surface area contributed by atoms with Crippen LogP contribution in [-0.2, 0) is 29.9 Å². The van der Waals surface area contributed by atoms with Gasteiger partial charge in [0.1, 0.15) is 4.83 Å². The van der Waals surface area contributed by atoms with E-state index in [4.69, 9.17) is 9.72 Å². The fourth-order valence-corrected chi connectivity index (χ4v) is 6.45. The first-order chi connectivity index (χ1) is 15.0. The highest BCUT2D eigenvalue weighted by molar-refractivity contribution is 7.98. The summed E-state index contributed by atoms with van der Waals surface area (Å²) in [4.78, 5) is 29.8. The van der Waals surface area contributed by atoms with E-state index < -0.39 is 0 Å². The third-order valence-electron chi connectivity index (χ3n) is 5.72. The lowest BCUT2D eigenvalue weighted by atomic mass is 9.97. The minimum Gasteiger partial charge on any atom is -0.383 e. The molecule has 1 aliphatic rings. The minimum atomic E-state index is 0.0621. The predicted molar refractivity (Wildman–Crippen MR) is 124 cm³/mol. The fourth-order valence-electron chi connectivity index (χ4n) is 4.24. The summed E-state index contributed by atoms with van der Waals surface area (Å²) in [6.07, 6.45) is 6.40. The maximum Gasteiger partial charge on any atom is 0.263 e. The number of fused-ring (bicyclic) bond motifs is 4. The molecule has 4 aromatic rings. The Balaban J connectivity index is 1.52. The van der Waals surface area contributed by atoms with E-state index in [0.717, 1.165) is 51.7 Å². The highest BCUT2D eigenvalue weighted by Gasteiger charge is 2.22. The van der Waals surface area contributed by atoms with Crippen LogP contribution in [0.15, 0.2) is 22.2 Å². The molecule has 5 rings (SSSR count). The smallest absolute Gasteiger partial charge is 0.263 e. The van der Waals surface area contributed by atoms with Crippen LogP contribution in [0.2, 0.25) is 0 Å². The van der Waals surface area contributed by atoms with Gasteiger partial charge in [-0.3, -0.25) is 13.8 Å². The fraction of sp³-hybridized carbons (Fsp3) is 0.455. The number of hydrogen-bond acceptors (Lipinski definition) is 7. The Morgan fingerprint density at radius 2 is 2.03 bits per heavy atom. The average molecular weight is 456 g/mol. The monoisotopic (exact) mass is 455 g/mol. The van der Waals surface area contributed by atoms with Gasteiger partial charge in [0.05, 0.1) is 24.2 Å². The third kappa shape index (κ3) is 3.79. The number of thiophene rings is 1. The summed E-state index contributed by atoms with van der Waals surface area (Å²) < 4.78 is 9.06. The normalized spacial score (nSPS) is 13.9. The highest BCUT2D eigenvalue weighted by Crippen LogP contribution is 2.35. The van der Waals surface area contributed by atoms with Gasteiger partial charge in [-0.2, -0.15) is 0 Å². The number of thioether (sulfide) groups is 1. The first-order valence-electron chi connectivity index (χ1n) is 10.5. The van der Waals surface area contributed by atoms with Crippen LogP contribution in [0, 0.1) is 13.8 Å². The number of hydrogen-bond donors (Lipinski definition) is 0. The lowest BCUT2D eigenvalue weighted by Gasteiger charge is -2.13. The molecule has 0 amide bonds. The van der Waals surface area contributed by atoms with Crippen LogP contribution in [0.1, 0.15) is 40.4 Å². The molecule has 4 aromatic heterocycles. The molecule has 0 bridgehead atoms. The topological polar surface area (TPSA) is 74.3 Å². The number of ether oxygens (including phenoxy) is 1. The summed E-state index contributed by atoms with van der Waals surface area (Å²) in [5, 5.41) is 1.55. The molecular weight excluding hydrogens is 430 g/mol. The van der Waals surface area contributed by atoms with Crippen molar-refractivity contribution in [2.45, 2.75) is 57.0 Å². The van der Waals surface area contributed by atoms with Crippen LogP contribution < -0.4 is 5.56 Å². The summed E-state index contributed by atoms with van der Waals surface area (Å²) in [7, 11) is 1.66. The Morgan fingerprint density at radius 3 is 2.87 bits per heavy atom. The molecule has 0 unspecified atom stereocenters. The van der Waals surface area contributed by atoms with Crippen molar-refractivity contribution in [1.29, 1.82) is 0 Å². The van der Waals surface area contributed by atoms with Crippen LogP contribution in [0.3, 0.4) is 0 Å². The second kappa shape index (κ2) is 8.37. The van der Waals surface area contributed by atoms with Crippen LogP contribution in [0.4, 0.5) is 0 Å². The molecule has 0 saturated carbocycles. The zero-order valence-corrected chi connectivity index (χ0v) is 19.6. The van der Waals surface area contributed by atoms with Crippen molar-refractivity contribution in [3.8, 4) is 0 Å². The lowest BCUT2D eigenvalue weighted by Crippen LogP contribution is -2.25. The van der Waals surface area contributed by atoms with Gasteiger partial charge in [-0.15, -0.1) is 11.3 Å². The van der Waals surface area contributed by atoms with Gasteiger partial charge < -0.3 is 4.74 Å². The molecule has 9 heteroatoms. The Bertz CT molecular complexity index is 1340. The molecule has 4 heterocycles. The van der Waals surface area contributed by atoms with Gasteiger partial charge in [-0.05, 0) is 51.2 Å². The summed E-state index contributed by atoms with van der Waals surface area (Å²) >= 11 is 3.24. The number of aromatic nitrogens is 5. The summed E-state index contributed by atoms with van der Waals surface area (Å²) in [6, 6.07) is 2.04. The van der Waals surface area contributed by atoms with E-state index in [0.29, 0.717) is 24.7 Å². The van der Waals surface area contributed by atoms with Gasteiger partial charge in [-0.1, -0.05) is 11.8 Å². The van der Waals surface area contributed by atoms with Crippen molar-refractivity contribution in [3.63, 3.8) is 0 Å². The average Bonchev–Trinajstić information content (AvgIpc) is 3.32. The molecule has 1 aliphatic carbocycles. The lowest BCUT2D eigenvalue weighted by molar-refractivity contribution is 0.183. The van der Waals surface area contributed by atoms with Gasteiger partial charge in [-0.25, -0.2) is 15.0 Å². The van der Waals surface area contributed by atoms with Crippen LogP contribution >= 0.6 is 23.1 Å². The third-order valence-corrected chi connectivity index (χ3v) is 7.91. The number of methoxy groups -OCH3 is 1. The second-order valence-electron chi connectivity index (χ2n) is 7.96. The van der Waals surface area contributed by atoms with Crippen molar-refractivity contribution in [1.82, 2.24) is 23.9 Å². The molecule has 0 saturated heterocycles. The summed E-state index contributed by atoms with van der Waals surface area (Å²) in [6.45, 7) is 5.00. The molecule has 0 fully saturated rings. The quantitative estimate of drug-likeness (QED) is 0.324. The number of imidazole rings is 1. The van der Waals surface area contributed by atoms with E-state index in [-0.39, 0.29) is 5.56 Å². The van der Waals surface area contributed by atoms with E-state index in [1.807, 2.05) is 23.6 Å². The van der Waals surface area contributed by atoms with Crippen molar-refractivity contribution < 1.29 is 4.74 Å². The number of nitrogens with zero attached hydrogens (tertiary/aromatic N) is 5. The molecule has 7 nitrogen and oxygen atoms in total. The van der Waals surface area contributed by atoms with Crippen LogP contribution in [-0.4, -0.2) is 37.6 Å². The van der Waals surface area contributed by atoms with Crippen molar-refractivity contribution in [3.05, 3.63) is 50.1 Å². The summed E-state index contributed by atoms with van der Waals surface area (Å²) in [5.41, 5.74) is 4.27. The molecule has 0 aliphatic heterocycles. The number of aryl methyl sites for hydroxylation is 4. The zero-order chi connectivity index (χ0) is 21.5. The Hall–Kier alpha value is -2.23. The van der Waals surface area contributed by atoms with E-state index in [2.05, 4.69) is 16.9 Å². The maximum absolute atomic E-state index is 13.5. The van der Waals surface area contributed by atoms with Crippen molar-refractivity contribution >= 4 is 39.1 Å². The summed E-state index contributed by atoms with van der Waals surface area (Å²) in [5.74, 6) is 1.33. The number of rotatable bonds is 6. The van der Waals surface area contributed by atoms with Gasteiger partial charge in [0.25, 0.3) is 5.56 Å². The van der Waals surface area contributed by atoms with Gasteiger partial charge in [0.2, 0.25) is 5.78 Å². The minimum absolute atomic E-state index is 0.0621. The first-order valence-corrected chi connectivity index (χ1v) is 12.3. The van der Waals surface area contributed by atoms with E-state index in [9.17, 15) is 4.79 Å². The van der Waals surface area contributed by atoms with E-state index in [1.165, 1.54) is 16.9 Å². The van der Waals surface area contributed by atoms with E-state index in [1.54, 1.807) is 34.8 Å². The maximum atomic E-state index is 13.5. The largest absolute Gasteiger partial charge is 0.383 e. The van der Waals surface area contributed by atoms with E-state index >= 15 is 0 Å². The Kier molecular flexibility index (Phi) is 5.58. The van der Waals surface area contributed by atoms with Crippen LogP contribution in [0.5, 0.6) is 0 Å². The van der Waals surface area contributed by atoms with Crippen molar-refractivity contribution in [2.24, 2.45) is 0 Å². The first kappa shape index (κ1) is 20.7. The highest BCUT2D eigenvalue weighted by atomic mass is 32.2.